The molecule has 154 valence electrons. The zero-order valence-corrected chi connectivity index (χ0v) is 17.5. The largest absolute Gasteiger partial charge is 0.497 e. The molecular weight excluding hydrogens is 364 g/mol. The molecule has 1 saturated heterocycles. The summed E-state index contributed by atoms with van der Waals surface area (Å²) in [4.78, 5) is 29.6. The summed E-state index contributed by atoms with van der Waals surface area (Å²) >= 11 is 0. The van der Waals surface area contributed by atoms with Gasteiger partial charge in [-0.25, -0.2) is 0 Å². The van der Waals surface area contributed by atoms with E-state index < -0.39 is 0 Å². The van der Waals surface area contributed by atoms with Gasteiger partial charge in [-0.3, -0.25) is 9.59 Å². The minimum absolute atomic E-state index is 0.103. The lowest BCUT2D eigenvalue weighted by atomic mass is 9.87. The van der Waals surface area contributed by atoms with Gasteiger partial charge in [-0.15, -0.1) is 0 Å². The van der Waals surface area contributed by atoms with Crippen molar-refractivity contribution in [3.05, 3.63) is 65.7 Å². The van der Waals surface area contributed by atoms with Crippen LogP contribution in [0, 0.1) is 5.92 Å². The van der Waals surface area contributed by atoms with Gasteiger partial charge in [0.15, 0.2) is 0 Å². The number of piperazine rings is 1. The van der Waals surface area contributed by atoms with Gasteiger partial charge in [0.2, 0.25) is 11.8 Å². The average Bonchev–Trinajstić information content (AvgIpc) is 2.75. The van der Waals surface area contributed by atoms with Crippen molar-refractivity contribution in [2.75, 3.05) is 33.3 Å². The Labute approximate surface area is 173 Å². The normalized spacial score (nSPS) is 15.3. The number of rotatable bonds is 6. The smallest absolute Gasteiger partial charge is 0.230 e. The van der Waals surface area contributed by atoms with Crippen molar-refractivity contribution >= 4 is 11.8 Å². The lowest BCUT2D eigenvalue weighted by Gasteiger charge is -2.37. The molecule has 0 spiro atoms. The SMILES string of the molecule is COc1ccc(CC(=O)N2CCN(C(=O)C(c3ccccc3)C(C)C)CC2)cc1. The minimum atomic E-state index is -0.141. The van der Waals surface area contributed by atoms with Crippen LogP contribution in [0.15, 0.2) is 54.6 Å². The second-order valence-corrected chi connectivity index (χ2v) is 7.86. The number of nitrogens with zero attached hydrogens (tertiary/aromatic N) is 2. The van der Waals surface area contributed by atoms with Gasteiger partial charge in [0, 0.05) is 26.2 Å². The first kappa shape index (κ1) is 20.9. The number of hydrogen-bond acceptors (Lipinski definition) is 3. The molecule has 2 aromatic carbocycles. The second kappa shape index (κ2) is 9.59. The molecule has 2 aromatic rings. The number of carbonyl (C=O) groups excluding carboxylic acids is 2. The number of carbonyl (C=O) groups is 2. The predicted octanol–water partition coefficient (Wildman–Crippen LogP) is 3.35. The summed E-state index contributed by atoms with van der Waals surface area (Å²) in [5, 5.41) is 0. The first-order valence-electron chi connectivity index (χ1n) is 10.2. The molecule has 5 heteroatoms. The zero-order valence-electron chi connectivity index (χ0n) is 17.5. The van der Waals surface area contributed by atoms with Gasteiger partial charge < -0.3 is 14.5 Å². The van der Waals surface area contributed by atoms with Crippen molar-refractivity contribution < 1.29 is 14.3 Å². The van der Waals surface area contributed by atoms with Crippen LogP contribution in [-0.4, -0.2) is 54.9 Å². The molecule has 0 aromatic heterocycles. The van der Waals surface area contributed by atoms with Crippen molar-refractivity contribution in [1.29, 1.82) is 0 Å². The highest BCUT2D eigenvalue weighted by Gasteiger charge is 2.31. The zero-order chi connectivity index (χ0) is 20.8. The van der Waals surface area contributed by atoms with E-state index in [2.05, 4.69) is 13.8 Å². The van der Waals surface area contributed by atoms with Crippen LogP contribution in [0.1, 0.15) is 30.9 Å². The van der Waals surface area contributed by atoms with Crippen molar-refractivity contribution in [3.63, 3.8) is 0 Å². The predicted molar refractivity (Wildman–Crippen MR) is 114 cm³/mol. The standard InChI is InChI=1S/C24H30N2O3/c1-18(2)23(20-7-5-4-6-8-20)24(28)26-15-13-25(14-16-26)22(27)17-19-9-11-21(29-3)12-10-19/h4-12,18,23H,13-17H2,1-3H3. The van der Waals surface area contributed by atoms with Crippen LogP contribution in [-0.2, 0) is 16.0 Å². The van der Waals surface area contributed by atoms with Crippen LogP contribution in [0.3, 0.4) is 0 Å². The minimum Gasteiger partial charge on any atom is -0.497 e. The maximum atomic E-state index is 13.2. The molecule has 0 N–H and O–H groups in total. The van der Waals surface area contributed by atoms with Gasteiger partial charge in [0.1, 0.15) is 5.75 Å². The van der Waals surface area contributed by atoms with Gasteiger partial charge in [0.25, 0.3) is 0 Å². The van der Waals surface area contributed by atoms with Crippen LogP contribution < -0.4 is 4.74 Å². The van der Waals surface area contributed by atoms with Crippen LogP contribution >= 0.6 is 0 Å². The number of methoxy groups -OCH3 is 1. The third kappa shape index (κ3) is 5.17. The van der Waals surface area contributed by atoms with Crippen molar-refractivity contribution in [1.82, 2.24) is 9.80 Å². The van der Waals surface area contributed by atoms with E-state index in [1.54, 1.807) is 7.11 Å². The lowest BCUT2D eigenvalue weighted by Crippen LogP contribution is -2.52. The van der Waals surface area contributed by atoms with E-state index in [1.165, 1.54) is 0 Å². The fraction of sp³-hybridized carbons (Fsp3) is 0.417. The summed E-state index contributed by atoms with van der Waals surface area (Å²) in [5.41, 5.74) is 2.03. The van der Waals surface area contributed by atoms with E-state index in [1.807, 2.05) is 64.4 Å². The van der Waals surface area contributed by atoms with Crippen LogP contribution in [0.4, 0.5) is 0 Å². The molecule has 1 aliphatic heterocycles. The fourth-order valence-corrected chi connectivity index (χ4v) is 3.88. The summed E-state index contributed by atoms with van der Waals surface area (Å²) < 4.78 is 5.16. The highest BCUT2D eigenvalue weighted by atomic mass is 16.5. The van der Waals surface area contributed by atoms with E-state index in [4.69, 9.17) is 4.74 Å². The van der Waals surface area contributed by atoms with Gasteiger partial charge in [-0.2, -0.15) is 0 Å². The van der Waals surface area contributed by atoms with Crippen molar-refractivity contribution in [3.8, 4) is 5.75 Å². The van der Waals surface area contributed by atoms with E-state index in [0.717, 1.165) is 16.9 Å². The van der Waals surface area contributed by atoms with E-state index in [0.29, 0.717) is 32.6 Å². The quantitative estimate of drug-likeness (QED) is 0.755. The summed E-state index contributed by atoms with van der Waals surface area (Å²) in [6.45, 7) is 6.52. The summed E-state index contributed by atoms with van der Waals surface area (Å²) in [6, 6.07) is 17.6. The summed E-state index contributed by atoms with van der Waals surface area (Å²) in [5.74, 6) is 1.13. The third-order valence-electron chi connectivity index (χ3n) is 5.55. The molecule has 1 heterocycles. The fourth-order valence-electron chi connectivity index (χ4n) is 3.88. The molecule has 0 saturated carbocycles. The Morgan fingerprint density at radius 3 is 2.03 bits per heavy atom. The van der Waals surface area contributed by atoms with Crippen LogP contribution in [0.5, 0.6) is 5.75 Å². The molecule has 1 aliphatic rings. The molecule has 0 bridgehead atoms. The molecule has 1 fully saturated rings. The van der Waals surface area contributed by atoms with Gasteiger partial charge >= 0.3 is 0 Å². The maximum Gasteiger partial charge on any atom is 0.230 e. The third-order valence-corrected chi connectivity index (χ3v) is 5.55. The van der Waals surface area contributed by atoms with Gasteiger partial charge in [-0.1, -0.05) is 56.3 Å². The number of amides is 2. The molecule has 5 nitrogen and oxygen atoms in total. The van der Waals surface area contributed by atoms with E-state index in [9.17, 15) is 9.59 Å². The van der Waals surface area contributed by atoms with E-state index >= 15 is 0 Å². The Balaban J connectivity index is 1.57. The van der Waals surface area contributed by atoms with E-state index in [-0.39, 0.29) is 23.7 Å². The molecule has 2 amide bonds. The molecular formula is C24H30N2O3. The Bertz CT molecular complexity index is 810. The second-order valence-electron chi connectivity index (χ2n) is 7.86. The highest BCUT2D eigenvalue weighted by molar-refractivity contribution is 5.84. The Morgan fingerprint density at radius 1 is 0.897 bits per heavy atom. The number of hydrogen-bond donors (Lipinski definition) is 0. The first-order chi connectivity index (χ1) is 14.0. The van der Waals surface area contributed by atoms with Crippen molar-refractivity contribution in [2.24, 2.45) is 5.92 Å². The van der Waals surface area contributed by atoms with Crippen LogP contribution in [0.2, 0.25) is 0 Å². The molecule has 1 unspecified atom stereocenters. The maximum absolute atomic E-state index is 13.2. The monoisotopic (exact) mass is 394 g/mol. The molecule has 29 heavy (non-hydrogen) atoms. The lowest BCUT2D eigenvalue weighted by molar-refractivity contribution is -0.140. The molecule has 0 radical (unpaired) electrons. The first-order valence-corrected chi connectivity index (χ1v) is 10.2. The highest BCUT2D eigenvalue weighted by Crippen LogP contribution is 2.27. The topological polar surface area (TPSA) is 49.9 Å². The Morgan fingerprint density at radius 2 is 1.48 bits per heavy atom. The Kier molecular flexibility index (Phi) is 6.91. The van der Waals surface area contributed by atoms with Gasteiger partial charge in [0.05, 0.1) is 19.4 Å². The summed E-state index contributed by atoms with van der Waals surface area (Å²) in [6.07, 6.45) is 0.372. The van der Waals surface area contributed by atoms with Gasteiger partial charge in [-0.05, 0) is 29.2 Å². The van der Waals surface area contributed by atoms with Crippen LogP contribution in [0.25, 0.3) is 0 Å². The number of ether oxygens (including phenoxy) is 1. The molecule has 1 atom stereocenters. The Hall–Kier alpha value is -2.82. The molecule has 3 rings (SSSR count). The average molecular weight is 395 g/mol. The summed E-state index contributed by atoms with van der Waals surface area (Å²) in [7, 11) is 1.63. The van der Waals surface area contributed by atoms with Crippen molar-refractivity contribution in [2.45, 2.75) is 26.2 Å². The molecule has 0 aliphatic carbocycles. The number of benzene rings is 2.